The fraction of sp³-hybridized carbons (Fsp3) is 0.200. The summed E-state index contributed by atoms with van der Waals surface area (Å²) in [5, 5.41) is 10.6. The van der Waals surface area contributed by atoms with E-state index in [1.807, 2.05) is 0 Å². The van der Waals surface area contributed by atoms with Crippen LogP contribution in [0.3, 0.4) is 0 Å². The number of hydrogen-bond donors (Lipinski definition) is 1. The predicted octanol–water partition coefficient (Wildman–Crippen LogP) is 4.46. The zero-order chi connectivity index (χ0) is 23.0. The van der Waals surface area contributed by atoms with Gasteiger partial charge in [0.15, 0.2) is 6.61 Å². The second-order valence-electron chi connectivity index (χ2n) is 6.90. The highest BCUT2D eigenvalue weighted by Crippen LogP contribution is 2.39. The van der Waals surface area contributed by atoms with Crippen LogP contribution < -0.4 is 4.74 Å². The van der Waals surface area contributed by atoms with E-state index >= 15 is 0 Å². The monoisotopic (exact) mass is 450 g/mol. The molecule has 166 valence electrons. The normalized spacial score (nSPS) is 11.7. The quantitative estimate of drug-likeness (QED) is 0.454. The van der Waals surface area contributed by atoms with E-state index < -0.39 is 30.2 Å². The molecule has 1 aromatic carbocycles. The molecule has 0 amide bonds. The number of pyridine rings is 1. The molecule has 0 spiro atoms. The van der Waals surface area contributed by atoms with E-state index in [-0.39, 0.29) is 17.0 Å². The lowest BCUT2D eigenvalue weighted by Crippen LogP contribution is -2.20. The summed E-state index contributed by atoms with van der Waals surface area (Å²) in [4.78, 5) is 8.50. The maximum atomic E-state index is 14.8. The van der Waals surface area contributed by atoms with Crippen molar-refractivity contribution in [2.24, 2.45) is 7.05 Å². The average Bonchev–Trinajstić information content (AvgIpc) is 3.31. The summed E-state index contributed by atoms with van der Waals surface area (Å²) in [6.07, 6.45) is -1.86. The van der Waals surface area contributed by atoms with Crippen molar-refractivity contribution in [3.8, 4) is 39.7 Å². The second-order valence-corrected chi connectivity index (χ2v) is 6.90. The van der Waals surface area contributed by atoms with E-state index in [1.165, 1.54) is 24.1 Å². The molecule has 0 saturated carbocycles. The predicted molar refractivity (Wildman–Crippen MR) is 103 cm³/mol. The summed E-state index contributed by atoms with van der Waals surface area (Å²) < 4.78 is 72.9. The number of halogens is 5. The number of alkyl halides is 3. The fourth-order valence-electron chi connectivity index (χ4n) is 3.23. The molecule has 0 bridgehead atoms. The van der Waals surface area contributed by atoms with Crippen LogP contribution in [0.2, 0.25) is 0 Å². The molecule has 0 aliphatic rings. The number of imidazole rings is 1. The van der Waals surface area contributed by atoms with Crippen molar-refractivity contribution in [1.82, 2.24) is 29.9 Å². The van der Waals surface area contributed by atoms with Crippen molar-refractivity contribution in [3.05, 3.63) is 54.1 Å². The minimum Gasteiger partial charge on any atom is -0.483 e. The van der Waals surface area contributed by atoms with Crippen molar-refractivity contribution < 1.29 is 26.7 Å². The highest BCUT2D eigenvalue weighted by molar-refractivity contribution is 5.82. The molecule has 7 nitrogen and oxygen atoms in total. The van der Waals surface area contributed by atoms with Crippen molar-refractivity contribution in [2.45, 2.75) is 13.1 Å². The van der Waals surface area contributed by atoms with E-state index in [0.717, 1.165) is 0 Å². The van der Waals surface area contributed by atoms with Crippen LogP contribution in [0.1, 0.15) is 5.69 Å². The van der Waals surface area contributed by atoms with Gasteiger partial charge in [-0.05, 0) is 19.1 Å². The van der Waals surface area contributed by atoms with Crippen LogP contribution in [-0.2, 0) is 7.05 Å². The topological polar surface area (TPSA) is 81.5 Å². The van der Waals surface area contributed by atoms with Crippen LogP contribution in [0.15, 0.2) is 36.8 Å². The first-order valence-electron chi connectivity index (χ1n) is 9.18. The van der Waals surface area contributed by atoms with Gasteiger partial charge in [-0.15, -0.1) is 0 Å². The Bertz CT molecular complexity index is 1280. The van der Waals surface area contributed by atoms with Crippen LogP contribution in [0, 0.1) is 18.6 Å². The molecule has 0 radical (unpaired) electrons. The van der Waals surface area contributed by atoms with Crippen molar-refractivity contribution in [1.29, 1.82) is 0 Å². The number of aromatic nitrogens is 6. The van der Waals surface area contributed by atoms with Gasteiger partial charge >= 0.3 is 6.18 Å². The number of benzene rings is 1. The summed E-state index contributed by atoms with van der Waals surface area (Å²) in [5.74, 6) is -2.78. The van der Waals surface area contributed by atoms with Crippen LogP contribution in [-0.4, -0.2) is 42.7 Å². The molecule has 1 N–H and O–H groups in total. The maximum Gasteiger partial charge on any atom is 0.422 e. The van der Waals surface area contributed by atoms with Crippen LogP contribution >= 0.6 is 0 Å². The van der Waals surface area contributed by atoms with E-state index in [2.05, 4.69) is 25.4 Å². The number of hydrogen-bond acceptors (Lipinski definition) is 5. The molecular weight excluding hydrogens is 435 g/mol. The lowest BCUT2D eigenvalue weighted by molar-refractivity contribution is -0.153. The van der Waals surface area contributed by atoms with Crippen LogP contribution in [0.25, 0.3) is 33.9 Å². The Morgan fingerprint density at radius 2 is 1.84 bits per heavy atom. The Morgan fingerprint density at radius 1 is 1.06 bits per heavy atom. The SMILES string of the molecule is Cc1n[nH]nc1-c1ccnc(-c2ncn(C)c2-c2c(F)cc(F)cc2OCC(F)(F)F)c1. The highest BCUT2D eigenvalue weighted by atomic mass is 19.4. The number of H-pyrrole nitrogens is 1. The molecular formula is C20H15F5N6O. The Labute approximate surface area is 177 Å². The number of nitrogens with zero attached hydrogens (tertiary/aromatic N) is 5. The molecule has 4 rings (SSSR count). The molecule has 0 atom stereocenters. The van der Waals surface area contributed by atoms with E-state index in [4.69, 9.17) is 4.74 Å². The smallest absolute Gasteiger partial charge is 0.422 e. The lowest BCUT2D eigenvalue weighted by atomic mass is 10.0. The Hall–Kier alpha value is -3.83. The summed E-state index contributed by atoms with van der Waals surface area (Å²) in [7, 11) is 1.52. The molecule has 32 heavy (non-hydrogen) atoms. The van der Waals surface area contributed by atoms with Gasteiger partial charge in [0, 0.05) is 30.9 Å². The first kappa shape index (κ1) is 21.4. The van der Waals surface area contributed by atoms with Crippen molar-refractivity contribution >= 4 is 0 Å². The number of aryl methyl sites for hydroxylation is 2. The minimum atomic E-state index is -4.69. The third-order valence-electron chi connectivity index (χ3n) is 4.58. The van der Waals surface area contributed by atoms with Crippen LogP contribution in [0.5, 0.6) is 5.75 Å². The highest BCUT2D eigenvalue weighted by Gasteiger charge is 2.30. The van der Waals surface area contributed by atoms with Gasteiger partial charge < -0.3 is 9.30 Å². The minimum absolute atomic E-state index is 0.0706. The standard InChI is InChI=1S/C20H15F5N6O/c1-10-17(29-30-28-10)11-3-4-26-14(5-11)18-19(31(2)9-27-18)16-13(22)6-12(21)7-15(16)32-8-20(23,24)25/h3-7,9H,8H2,1-2H3,(H,28,29,30). The molecule has 3 heterocycles. The Kier molecular flexibility index (Phi) is 5.36. The van der Waals surface area contributed by atoms with Gasteiger partial charge in [0.05, 0.1) is 29.0 Å². The zero-order valence-electron chi connectivity index (χ0n) is 16.7. The molecule has 0 fully saturated rings. The number of rotatable bonds is 5. The van der Waals surface area contributed by atoms with Gasteiger partial charge in [-0.3, -0.25) is 4.98 Å². The first-order valence-corrected chi connectivity index (χ1v) is 9.18. The summed E-state index contributed by atoms with van der Waals surface area (Å²) in [6.45, 7) is 0.0402. The Morgan fingerprint density at radius 3 is 2.53 bits per heavy atom. The molecule has 12 heteroatoms. The molecule has 4 aromatic rings. The summed E-state index contributed by atoms with van der Waals surface area (Å²) in [6, 6.07) is 4.58. The Balaban J connectivity index is 1.86. The zero-order valence-corrected chi connectivity index (χ0v) is 16.7. The van der Waals surface area contributed by atoms with Gasteiger partial charge in [0.25, 0.3) is 0 Å². The third kappa shape index (κ3) is 4.15. The largest absolute Gasteiger partial charge is 0.483 e. The van der Waals surface area contributed by atoms with Gasteiger partial charge in [0.2, 0.25) is 0 Å². The van der Waals surface area contributed by atoms with Gasteiger partial charge in [-0.1, -0.05) is 0 Å². The fourth-order valence-corrected chi connectivity index (χ4v) is 3.23. The molecule has 0 aliphatic carbocycles. The second kappa shape index (κ2) is 8.02. The third-order valence-corrected chi connectivity index (χ3v) is 4.58. The van der Waals surface area contributed by atoms with E-state index in [9.17, 15) is 22.0 Å². The van der Waals surface area contributed by atoms with Crippen LogP contribution in [0.4, 0.5) is 22.0 Å². The number of ether oxygens (including phenoxy) is 1. The molecule has 0 aliphatic heterocycles. The number of nitrogens with one attached hydrogen (secondary N) is 1. The van der Waals surface area contributed by atoms with E-state index in [1.54, 1.807) is 19.1 Å². The van der Waals surface area contributed by atoms with Gasteiger partial charge in [0.1, 0.15) is 28.8 Å². The molecule has 0 unspecified atom stereocenters. The van der Waals surface area contributed by atoms with Crippen molar-refractivity contribution in [2.75, 3.05) is 6.61 Å². The van der Waals surface area contributed by atoms with Crippen molar-refractivity contribution in [3.63, 3.8) is 0 Å². The van der Waals surface area contributed by atoms with Gasteiger partial charge in [-0.25, -0.2) is 13.8 Å². The molecule has 0 saturated heterocycles. The summed E-state index contributed by atoms with van der Waals surface area (Å²) >= 11 is 0. The van der Waals surface area contributed by atoms with Gasteiger partial charge in [-0.2, -0.15) is 28.6 Å². The molecule has 3 aromatic heterocycles. The maximum absolute atomic E-state index is 14.8. The van der Waals surface area contributed by atoms with E-state index in [0.29, 0.717) is 34.8 Å². The lowest BCUT2D eigenvalue weighted by Gasteiger charge is -2.15. The number of aromatic amines is 1. The first-order chi connectivity index (χ1) is 15.1. The average molecular weight is 450 g/mol. The summed E-state index contributed by atoms with van der Waals surface area (Å²) in [5.41, 5.74) is 2.01.